The summed E-state index contributed by atoms with van der Waals surface area (Å²) in [4.78, 5) is 19.1. The van der Waals surface area contributed by atoms with Crippen LogP contribution in [0.5, 0.6) is 0 Å². The monoisotopic (exact) mass is 327 g/mol. The van der Waals surface area contributed by atoms with Gasteiger partial charge in [-0.2, -0.15) is 14.9 Å². The Morgan fingerprint density at radius 2 is 2.17 bits per heavy atom. The van der Waals surface area contributed by atoms with Crippen LogP contribution < -0.4 is 4.90 Å². The number of esters is 1. The predicted octanol–water partition coefficient (Wildman–Crippen LogP) is 2.33. The molecule has 0 spiro atoms. The van der Waals surface area contributed by atoms with Gasteiger partial charge in [0.1, 0.15) is 17.5 Å². The maximum Gasteiger partial charge on any atom is 0.357 e. The van der Waals surface area contributed by atoms with Gasteiger partial charge in [0.2, 0.25) is 0 Å². The van der Waals surface area contributed by atoms with E-state index in [0.717, 1.165) is 37.2 Å². The molecule has 7 nitrogen and oxygen atoms in total. The van der Waals surface area contributed by atoms with E-state index in [9.17, 15) is 10.1 Å². The van der Waals surface area contributed by atoms with E-state index in [1.165, 1.54) is 6.20 Å². The Morgan fingerprint density at radius 1 is 1.42 bits per heavy atom. The van der Waals surface area contributed by atoms with Crippen molar-refractivity contribution >= 4 is 17.4 Å². The summed E-state index contributed by atoms with van der Waals surface area (Å²) in [6.07, 6.45) is 4.23. The normalized spacial score (nSPS) is 13.4. The third-order valence-electron chi connectivity index (χ3n) is 4.57. The van der Waals surface area contributed by atoms with Gasteiger partial charge in [-0.3, -0.25) is 0 Å². The summed E-state index contributed by atoms with van der Waals surface area (Å²) in [6, 6.07) is 2.46. The zero-order chi connectivity index (χ0) is 17.3. The smallest absolute Gasteiger partial charge is 0.357 e. The van der Waals surface area contributed by atoms with Gasteiger partial charge in [-0.25, -0.2) is 9.78 Å². The average Bonchev–Trinajstić information content (AvgIpc) is 3.19. The van der Waals surface area contributed by atoms with E-state index in [2.05, 4.69) is 34.9 Å². The highest BCUT2D eigenvalue weighted by Crippen LogP contribution is 2.34. The molecule has 24 heavy (non-hydrogen) atoms. The van der Waals surface area contributed by atoms with Crippen LogP contribution in [0.1, 0.15) is 55.2 Å². The summed E-state index contributed by atoms with van der Waals surface area (Å²) in [5.74, 6) is 0.436. The van der Waals surface area contributed by atoms with Crippen LogP contribution in [0.25, 0.3) is 5.65 Å². The van der Waals surface area contributed by atoms with E-state index >= 15 is 0 Å². The lowest BCUT2D eigenvalue weighted by molar-refractivity contribution is 0.0518. The molecule has 0 radical (unpaired) electrons. The highest BCUT2D eigenvalue weighted by atomic mass is 16.5. The summed E-state index contributed by atoms with van der Waals surface area (Å²) >= 11 is 0. The van der Waals surface area contributed by atoms with Crippen LogP contribution in [0, 0.1) is 11.3 Å². The van der Waals surface area contributed by atoms with Crippen LogP contribution in [-0.4, -0.2) is 39.8 Å². The summed E-state index contributed by atoms with van der Waals surface area (Å²) in [7, 11) is 0. The molecule has 0 unspecified atom stereocenters. The molecular formula is C17H21N5O2. The van der Waals surface area contributed by atoms with Crippen LogP contribution in [0.2, 0.25) is 0 Å². The second-order valence-electron chi connectivity index (χ2n) is 5.80. The minimum absolute atomic E-state index is 0.293. The Morgan fingerprint density at radius 3 is 2.79 bits per heavy atom. The second kappa shape index (κ2) is 6.48. The Hall–Kier alpha value is -2.62. The molecule has 1 aliphatic heterocycles. The first kappa shape index (κ1) is 16.2. The third-order valence-corrected chi connectivity index (χ3v) is 4.57. The number of nitriles is 1. The van der Waals surface area contributed by atoms with E-state index in [1.54, 1.807) is 11.4 Å². The molecule has 0 fully saturated rings. The van der Waals surface area contributed by atoms with Crippen LogP contribution in [-0.2, 0) is 11.2 Å². The number of ether oxygens (including phenoxy) is 1. The Balaban J connectivity index is 2.25. The van der Waals surface area contributed by atoms with Crippen molar-refractivity contribution in [2.75, 3.05) is 18.1 Å². The number of carbonyl (C=O) groups is 1. The molecule has 0 saturated heterocycles. The third kappa shape index (κ3) is 2.39. The van der Waals surface area contributed by atoms with Gasteiger partial charge >= 0.3 is 5.97 Å². The second-order valence-corrected chi connectivity index (χ2v) is 5.80. The molecule has 7 heteroatoms. The zero-order valence-electron chi connectivity index (χ0n) is 14.2. The van der Waals surface area contributed by atoms with Gasteiger partial charge < -0.3 is 9.64 Å². The maximum atomic E-state index is 12.4. The number of carbonyl (C=O) groups excluding carboxylic acids is 1. The van der Waals surface area contributed by atoms with E-state index in [-0.39, 0.29) is 0 Å². The van der Waals surface area contributed by atoms with Crippen molar-refractivity contribution in [1.29, 1.82) is 5.26 Å². The standard InChI is InChI=1S/C17H21N5O2/c1-4-12(5-2)21-8-7-13-14(17(23)24-6-3)20-15-11(9-18)10-19-22(15)16(13)21/h10,12H,4-8H2,1-3H3. The van der Waals surface area contributed by atoms with Gasteiger partial charge in [-0.15, -0.1) is 0 Å². The molecule has 0 N–H and O–H groups in total. The van der Waals surface area contributed by atoms with E-state index in [0.29, 0.717) is 29.6 Å². The Bertz CT molecular complexity index is 816. The minimum Gasteiger partial charge on any atom is -0.461 e. The van der Waals surface area contributed by atoms with Crippen molar-refractivity contribution in [3.8, 4) is 6.07 Å². The lowest BCUT2D eigenvalue weighted by atomic mass is 10.1. The molecule has 0 amide bonds. The van der Waals surface area contributed by atoms with E-state index in [1.807, 2.05) is 0 Å². The first-order valence-electron chi connectivity index (χ1n) is 8.40. The van der Waals surface area contributed by atoms with Gasteiger partial charge in [-0.05, 0) is 26.2 Å². The van der Waals surface area contributed by atoms with Crippen LogP contribution in [0.4, 0.5) is 5.82 Å². The molecule has 126 valence electrons. The number of hydrogen-bond donors (Lipinski definition) is 0. The van der Waals surface area contributed by atoms with Crippen LogP contribution in [0.3, 0.4) is 0 Å². The number of aromatic nitrogens is 3. The molecule has 0 aromatic carbocycles. The molecule has 0 saturated carbocycles. The van der Waals surface area contributed by atoms with Crippen molar-refractivity contribution < 1.29 is 9.53 Å². The summed E-state index contributed by atoms with van der Waals surface area (Å²) in [6.45, 7) is 7.19. The Labute approximate surface area is 140 Å². The minimum atomic E-state index is -0.437. The van der Waals surface area contributed by atoms with E-state index < -0.39 is 5.97 Å². The fourth-order valence-electron chi connectivity index (χ4n) is 3.41. The fraction of sp³-hybridized carbons (Fsp3) is 0.529. The van der Waals surface area contributed by atoms with Gasteiger partial charge in [-0.1, -0.05) is 13.8 Å². The highest BCUT2D eigenvalue weighted by molar-refractivity contribution is 5.92. The summed E-state index contributed by atoms with van der Waals surface area (Å²) in [5, 5.41) is 13.6. The number of rotatable bonds is 5. The van der Waals surface area contributed by atoms with Crippen molar-refractivity contribution in [3.05, 3.63) is 23.0 Å². The largest absolute Gasteiger partial charge is 0.461 e. The molecule has 3 rings (SSSR count). The molecular weight excluding hydrogens is 306 g/mol. The van der Waals surface area contributed by atoms with Crippen LogP contribution >= 0.6 is 0 Å². The highest BCUT2D eigenvalue weighted by Gasteiger charge is 2.33. The first-order chi connectivity index (χ1) is 11.7. The number of fused-ring (bicyclic) bond motifs is 3. The number of hydrogen-bond acceptors (Lipinski definition) is 6. The van der Waals surface area contributed by atoms with Crippen molar-refractivity contribution in [2.24, 2.45) is 0 Å². The molecule has 1 aliphatic rings. The molecule has 3 heterocycles. The molecule has 0 bridgehead atoms. The SMILES string of the molecule is CCOC(=O)c1nc2c(C#N)cnn2c2c1CCN2C(CC)CC. The van der Waals surface area contributed by atoms with Crippen LogP contribution in [0.15, 0.2) is 6.20 Å². The van der Waals surface area contributed by atoms with Gasteiger partial charge in [0.25, 0.3) is 0 Å². The first-order valence-corrected chi connectivity index (χ1v) is 8.40. The van der Waals surface area contributed by atoms with Crippen molar-refractivity contribution in [1.82, 2.24) is 14.6 Å². The fourth-order valence-corrected chi connectivity index (χ4v) is 3.41. The van der Waals surface area contributed by atoms with Gasteiger partial charge in [0, 0.05) is 18.2 Å². The summed E-state index contributed by atoms with van der Waals surface area (Å²) in [5.41, 5.74) is 1.95. The quantitative estimate of drug-likeness (QED) is 0.784. The zero-order valence-corrected chi connectivity index (χ0v) is 14.2. The number of anilines is 1. The predicted molar refractivity (Wildman–Crippen MR) is 89.1 cm³/mol. The van der Waals surface area contributed by atoms with Gasteiger partial charge in [0.15, 0.2) is 11.3 Å². The van der Waals surface area contributed by atoms with Crippen molar-refractivity contribution in [2.45, 2.75) is 46.1 Å². The topological polar surface area (TPSA) is 83.5 Å². The van der Waals surface area contributed by atoms with E-state index in [4.69, 9.17) is 4.74 Å². The average molecular weight is 327 g/mol. The number of nitrogens with zero attached hydrogens (tertiary/aromatic N) is 5. The summed E-state index contributed by atoms with van der Waals surface area (Å²) < 4.78 is 6.86. The van der Waals surface area contributed by atoms with Crippen molar-refractivity contribution in [3.63, 3.8) is 0 Å². The lowest BCUT2D eigenvalue weighted by Gasteiger charge is -2.28. The lowest BCUT2D eigenvalue weighted by Crippen LogP contribution is -2.34. The molecule has 0 atom stereocenters. The molecule has 0 aliphatic carbocycles. The Kier molecular flexibility index (Phi) is 4.38. The maximum absolute atomic E-state index is 12.4. The van der Waals surface area contributed by atoms with Gasteiger partial charge in [0.05, 0.1) is 12.8 Å². The molecule has 2 aromatic heterocycles. The molecule has 2 aromatic rings.